The Bertz CT molecular complexity index is 3220. The van der Waals surface area contributed by atoms with Gasteiger partial charge in [0.15, 0.2) is 0 Å². The molecule has 1 nitrogen and oxygen atoms in total. The molecule has 0 bridgehead atoms. The maximum Gasteiger partial charge on any atom is 0.0677 e. The highest BCUT2D eigenvalue weighted by Crippen LogP contribution is 2.60. The van der Waals surface area contributed by atoms with Gasteiger partial charge in [-0.15, -0.1) is 0 Å². The third kappa shape index (κ3) is 5.76. The Labute approximate surface area is 371 Å². The second kappa shape index (κ2) is 14.7. The van der Waals surface area contributed by atoms with Crippen LogP contribution in [-0.2, 0) is 10.8 Å². The highest BCUT2D eigenvalue weighted by molar-refractivity contribution is 5.97. The van der Waals surface area contributed by atoms with Crippen LogP contribution < -0.4 is 4.90 Å². The SMILES string of the molecule is CC1(C)c2cc(N(c3ccc4c(c3)C(C3=CC=CCC3)(c3ccc(-c5cccc6ccccc56)cc3)c3ccccc3-4)c3ccccc3-c3ccccc3)ccc2C2=CC=CCC21. The van der Waals surface area contributed by atoms with E-state index < -0.39 is 5.41 Å². The lowest BCUT2D eigenvalue weighted by Gasteiger charge is -2.37. The fourth-order valence-electron chi connectivity index (χ4n) is 11.7. The molecule has 2 unspecified atom stereocenters. The molecule has 0 spiro atoms. The number of benzene rings is 8. The predicted octanol–water partition coefficient (Wildman–Crippen LogP) is 16.5. The second-order valence-electron chi connectivity index (χ2n) is 18.3. The van der Waals surface area contributed by atoms with E-state index in [0.717, 1.165) is 30.6 Å². The minimum absolute atomic E-state index is 0.000459. The van der Waals surface area contributed by atoms with Crippen molar-refractivity contribution in [1.82, 2.24) is 0 Å². The minimum atomic E-state index is -0.482. The van der Waals surface area contributed by atoms with Crippen LogP contribution in [0.1, 0.15) is 60.9 Å². The van der Waals surface area contributed by atoms with Gasteiger partial charge in [0.1, 0.15) is 0 Å². The average Bonchev–Trinajstić information content (AvgIpc) is 3.77. The first kappa shape index (κ1) is 37.5. The molecular formula is C62H49N. The van der Waals surface area contributed by atoms with Gasteiger partial charge in [0.2, 0.25) is 0 Å². The zero-order valence-electron chi connectivity index (χ0n) is 35.9. The number of anilines is 3. The summed E-state index contributed by atoms with van der Waals surface area (Å²) < 4.78 is 0. The summed E-state index contributed by atoms with van der Waals surface area (Å²) in [6.07, 6.45) is 17.0. The smallest absolute Gasteiger partial charge is 0.0677 e. The summed E-state index contributed by atoms with van der Waals surface area (Å²) in [7, 11) is 0. The van der Waals surface area contributed by atoms with Crippen LogP contribution >= 0.6 is 0 Å². The predicted molar refractivity (Wildman–Crippen MR) is 266 cm³/mol. The first-order valence-electron chi connectivity index (χ1n) is 22.7. The summed E-state index contributed by atoms with van der Waals surface area (Å²) in [5, 5.41) is 2.54. The molecule has 0 radical (unpaired) electrons. The fourth-order valence-corrected chi connectivity index (χ4v) is 11.7. The van der Waals surface area contributed by atoms with E-state index in [-0.39, 0.29) is 5.41 Å². The van der Waals surface area contributed by atoms with Crippen molar-refractivity contribution >= 4 is 33.4 Å². The number of fused-ring (bicyclic) bond motifs is 7. The number of hydrogen-bond acceptors (Lipinski definition) is 1. The van der Waals surface area contributed by atoms with Crippen LogP contribution in [0.25, 0.3) is 49.7 Å². The van der Waals surface area contributed by atoms with Gasteiger partial charge in [-0.2, -0.15) is 0 Å². The molecule has 302 valence electrons. The number of nitrogens with zero attached hydrogens (tertiary/aromatic N) is 1. The molecule has 4 aliphatic rings. The summed E-state index contributed by atoms with van der Waals surface area (Å²) in [5.41, 5.74) is 20.3. The first-order valence-corrected chi connectivity index (χ1v) is 22.7. The van der Waals surface area contributed by atoms with Crippen molar-refractivity contribution in [2.45, 2.75) is 43.9 Å². The van der Waals surface area contributed by atoms with Crippen molar-refractivity contribution in [1.29, 1.82) is 0 Å². The average molecular weight is 808 g/mol. The van der Waals surface area contributed by atoms with E-state index in [9.17, 15) is 0 Å². The van der Waals surface area contributed by atoms with Crippen molar-refractivity contribution < 1.29 is 0 Å². The van der Waals surface area contributed by atoms with E-state index in [1.807, 2.05) is 0 Å². The molecule has 2 atom stereocenters. The van der Waals surface area contributed by atoms with Crippen LogP contribution in [0.4, 0.5) is 17.1 Å². The number of para-hydroxylation sites is 1. The lowest BCUT2D eigenvalue weighted by atomic mass is 9.65. The van der Waals surface area contributed by atoms with Crippen LogP contribution in [0.3, 0.4) is 0 Å². The van der Waals surface area contributed by atoms with Gasteiger partial charge in [-0.1, -0.05) is 208 Å². The molecule has 0 amide bonds. The largest absolute Gasteiger partial charge is 0.310 e. The van der Waals surface area contributed by atoms with E-state index in [1.54, 1.807) is 0 Å². The lowest BCUT2D eigenvalue weighted by Crippen LogP contribution is -2.30. The number of allylic oxidation sites excluding steroid dienone is 8. The molecule has 4 aliphatic carbocycles. The minimum Gasteiger partial charge on any atom is -0.310 e. The molecule has 0 saturated heterocycles. The Hall–Kier alpha value is -7.22. The van der Waals surface area contributed by atoms with Crippen LogP contribution in [0.5, 0.6) is 0 Å². The third-order valence-corrected chi connectivity index (χ3v) is 14.7. The highest BCUT2D eigenvalue weighted by Gasteiger charge is 2.48. The Morgan fingerprint density at radius 2 is 1.14 bits per heavy atom. The van der Waals surface area contributed by atoms with Crippen LogP contribution in [0.2, 0.25) is 0 Å². The molecule has 12 rings (SSSR count). The van der Waals surface area contributed by atoms with Crippen molar-refractivity contribution in [3.63, 3.8) is 0 Å². The van der Waals surface area contributed by atoms with Gasteiger partial charge in [0.25, 0.3) is 0 Å². The van der Waals surface area contributed by atoms with Gasteiger partial charge in [-0.05, 0) is 133 Å². The second-order valence-corrected chi connectivity index (χ2v) is 18.3. The molecule has 0 heterocycles. The highest BCUT2D eigenvalue weighted by atomic mass is 15.1. The lowest BCUT2D eigenvalue weighted by molar-refractivity contribution is 0.415. The molecule has 1 heteroatoms. The Kier molecular flexibility index (Phi) is 8.76. The van der Waals surface area contributed by atoms with Gasteiger partial charge in [-0.3, -0.25) is 0 Å². The maximum absolute atomic E-state index is 2.54. The van der Waals surface area contributed by atoms with Crippen LogP contribution in [-0.4, -0.2) is 0 Å². The molecule has 8 aromatic rings. The molecule has 0 aliphatic heterocycles. The van der Waals surface area contributed by atoms with Crippen LogP contribution in [0.15, 0.2) is 224 Å². The summed E-state index contributed by atoms with van der Waals surface area (Å²) >= 11 is 0. The fraction of sp³-hybridized carbons (Fsp3) is 0.129. The molecule has 0 saturated carbocycles. The Balaban J connectivity index is 1.09. The molecule has 0 fully saturated rings. The molecule has 0 aromatic heterocycles. The van der Waals surface area contributed by atoms with Gasteiger partial charge in [-0.25, -0.2) is 0 Å². The van der Waals surface area contributed by atoms with Crippen molar-refractivity contribution in [2.24, 2.45) is 5.92 Å². The van der Waals surface area contributed by atoms with Crippen molar-refractivity contribution in [3.05, 3.63) is 252 Å². The standard InChI is InChI=1S/C62H49N/c1-61(2)56-29-14-11-26-52(56)54-38-36-47(40-58(54)61)63(60-31-16-13-25-51(60)43-18-5-3-6-19-43)48-37-39-55-53-27-12-15-30-57(53)62(59(55)41-48,45-22-7-4-8-23-45)46-34-32-44(33-35-46)50-28-17-21-42-20-9-10-24-49(42)50/h3-7,9-22,24-28,30-41,56H,8,23,29H2,1-2H3. The third-order valence-electron chi connectivity index (χ3n) is 14.7. The van der Waals surface area contributed by atoms with Gasteiger partial charge < -0.3 is 4.90 Å². The molecule has 0 N–H and O–H groups in total. The van der Waals surface area contributed by atoms with E-state index >= 15 is 0 Å². The van der Waals surface area contributed by atoms with Gasteiger partial charge in [0.05, 0.1) is 11.1 Å². The first-order chi connectivity index (χ1) is 31.0. The quantitative estimate of drug-likeness (QED) is 0.155. The van der Waals surface area contributed by atoms with Crippen molar-refractivity contribution in [3.8, 4) is 33.4 Å². The van der Waals surface area contributed by atoms with Gasteiger partial charge >= 0.3 is 0 Å². The molecular weight excluding hydrogens is 759 g/mol. The summed E-state index contributed by atoms with van der Waals surface area (Å²) in [6.45, 7) is 4.89. The summed E-state index contributed by atoms with van der Waals surface area (Å²) in [5.74, 6) is 0.474. The topological polar surface area (TPSA) is 3.24 Å². The zero-order valence-corrected chi connectivity index (χ0v) is 35.9. The van der Waals surface area contributed by atoms with Crippen LogP contribution in [0, 0.1) is 5.92 Å². The van der Waals surface area contributed by atoms with Gasteiger partial charge in [0, 0.05) is 16.9 Å². The monoisotopic (exact) mass is 807 g/mol. The number of rotatable bonds is 7. The Morgan fingerprint density at radius 1 is 0.492 bits per heavy atom. The zero-order chi connectivity index (χ0) is 42.1. The summed E-state index contributed by atoms with van der Waals surface area (Å²) in [4.78, 5) is 2.54. The van der Waals surface area contributed by atoms with Crippen molar-refractivity contribution in [2.75, 3.05) is 4.90 Å². The normalized spacial score (nSPS) is 18.9. The number of hydrogen-bond donors (Lipinski definition) is 0. The van der Waals surface area contributed by atoms with E-state index in [1.165, 1.54) is 88.8 Å². The molecule has 8 aromatic carbocycles. The van der Waals surface area contributed by atoms with E-state index in [2.05, 4.69) is 237 Å². The molecule has 63 heavy (non-hydrogen) atoms. The van der Waals surface area contributed by atoms with E-state index in [0.29, 0.717) is 5.92 Å². The van der Waals surface area contributed by atoms with E-state index in [4.69, 9.17) is 0 Å². The Morgan fingerprint density at radius 3 is 1.97 bits per heavy atom. The summed E-state index contributed by atoms with van der Waals surface area (Å²) in [6, 6.07) is 68.6. The maximum atomic E-state index is 2.54.